The maximum atomic E-state index is 14.0. The van der Waals surface area contributed by atoms with Crippen LogP contribution >= 0.6 is 0 Å². The van der Waals surface area contributed by atoms with E-state index in [1.807, 2.05) is 57.2 Å². The van der Waals surface area contributed by atoms with Crippen molar-refractivity contribution in [1.82, 2.24) is 10.2 Å². The van der Waals surface area contributed by atoms with Crippen molar-refractivity contribution in [2.75, 3.05) is 0 Å². The second-order valence-electron chi connectivity index (χ2n) is 11.1. The highest BCUT2D eigenvalue weighted by Gasteiger charge is 2.52. The van der Waals surface area contributed by atoms with Gasteiger partial charge in [-0.3, -0.25) is 9.69 Å². The molecule has 4 unspecified atom stereocenters. The molecule has 1 saturated carbocycles. The van der Waals surface area contributed by atoms with Crippen LogP contribution in [-0.2, 0) is 16.0 Å². The Morgan fingerprint density at radius 3 is 2.36 bits per heavy atom. The molecule has 2 amide bonds. The Labute approximate surface area is 212 Å². The minimum Gasteiger partial charge on any atom is -0.444 e. The average Bonchev–Trinajstić information content (AvgIpc) is 3.43. The fourth-order valence-electron chi connectivity index (χ4n) is 5.47. The number of amides is 2. The number of hydrogen-bond acceptors (Lipinski definition) is 4. The summed E-state index contributed by atoms with van der Waals surface area (Å²) in [5.41, 5.74) is 3.34. The number of rotatable bonds is 5. The van der Waals surface area contributed by atoms with Crippen molar-refractivity contribution in [2.45, 2.75) is 84.0 Å². The maximum absolute atomic E-state index is 14.0. The van der Waals surface area contributed by atoms with Gasteiger partial charge in [0.05, 0.1) is 6.07 Å². The Hall–Kier alpha value is -3.40. The molecule has 190 valence electrons. The Bertz CT molecular complexity index is 1170. The van der Waals surface area contributed by atoms with E-state index in [0.29, 0.717) is 17.5 Å². The number of ether oxygens (including phenoxy) is 1. The van der Waals surface area contributed by atoms with E-state index in [4.69, 9.17) is 4.74 Å². The summed E-state index contributed by atoms with van der Waals surface area (Å²) in [5.74, 6) is -0.402. The van der Waals surface area contributed by atoms with Gasteiger partial charge < -0.3 is 10.1 Å². The molecule has 4 rings (SSSR count). The smallest absolute Gasteiger partial charge is 0.411 e. The number of aryl methyl sites for hydroxylation is 2. The lowest BCUT2D eigenvalue weighted by Gasteiger charge is -2.35. The van der Waals surface area contributed by atoms with E-state index >= 15 is 0 Å². The van der Waals surface area contributed by atoms with E-state index < -0.39 is 23.8 Å². The van der Waals surface area contributed by atoms with Crippen LogP contribution in [0.25, 0.3) is 11.1 Å². The molecule has 7 heteroatoms. The lowest BCUT2D eigenvalue weighted by Crippen LogP contribution is -2.55. The summed E-state index contributed by atoms with van der Waals surface area (Å²) >= 11 is 0. The second kappa shape index (κ2) is 9.93. The molecule has 1 aliphatic carbocycles. The number of benzene rings is 2. The van der Waals surface area contributed by atoms with Crippen LogP contribution in [0.1, 0.15) is 56.7 Å². The van der Waals surface area contributed by atoms with Gasteiger partial charge in [0.25, 0.3) is 0 Å². The molecule has 1 N–H and O–H groups in total. The molecule has 36 heavy (non-hydrogen) atoms. The zero-order valence-corrected chi connectivity index (χ0v) is 21.6. The van der Waals surface area contributed by atoms with Crippen molar-refractivity contribution in [3.63, 3.8) is 0 Å². The molecule has 0 aromatic heterocycles. The minimum absolute atomic E-state index is 0.00687. The lowest BCUT2D eigenvalue weighted by molar-refractivity contribution is -0.128. The van der Waals surface area contributed by atoms with Gasteiger partial charge in [-0.2, -0.15) is 5.26 Å². The van der Waals surface area contributed by atoms with Crippen molar-refractivity contribution in [3.8, 4) is 17.2 Å². The van der Waals surface area contributed by atoms with E-state index in [2.05, 4.69) is 11.4 Å². The van der Waals surface area contributed by atoms with Crippen LogP contribution in [-0.4, -0.2) is 40.6 Å². The van der Waals surface area contributed by atoms with Gasteiger partial charge in [-0.05, 0) is 99.7 Å². The van der Waals surface area contributed by atoms with Crippen molar-refractivity contribution in [1.29, 1.82) is 5.26 Å². The quantitative estimate of drug-likeness (QED) is 0.603. The molecule has 1 heterocycles. The number of nitriles is 1. The number of piperidine rings is 1. The largest absolute Gasteiger partial charge is 0.444 e. The third-order valence-electron chi connectivity index (χ3n) is 7.09. The summed E-state index contributed by atoms with van der Waals surface area (Å²) in [6, 6.07) is 12.2. The van der Waals surface area contributed by atoms with Crippen LogP contribution in [0, 0.1) is 36.9 Å². The number of likely N-dealkylation sites (tertiary alicyclic amines) is 1. The number of carbonyl (C=O) groups excluding carboxylic acids is 2. The lowest BCUT2D eigenvalue weighted by atomic mass is 9.96. The highest BCUT2D eigenvalue weighted by Crippen LogP contribution is 2.43. The van der Waals surface area contributed by atoms with Crippen LogP contribution < -0.4 is 5.32 Å². The van der Waals surface area contributed by atoms with Crippen molar-refractivity contribution < 1.29 is 18.7 Å². The van der Waals surface area contributed by atoms with Gasteiger partial charge in [0.1, 0.15) is 23.5 Å². The highest BCUT2D eigenvalue weighted by molar-refractivity contribution is 5.87. The fourth-order valence-corrected chi connectivity index (χ4v) is 5.47. The van der Waals surface area contributed by atoms with Gasteiger partial charge in [-0.15, -0.1) is 0 Å². The number of nitrogens with one attached hydrogen (secondary N) is 1. The van der Waals surface area contributed by atoms with Crippen LogP contribution in [0.15, 0.2) is 36.4 Å². The number of halogens is 1. The van der Waals surface area contributed by atoms with Gasteiger partial charge in [0.2, 0.25) is 5.91 Å². The molecule has 4 atom stereocenters. The normalized spacial score (nSPS) is 21.7. The number of nitrogens with zero attached hydrogens (tertiary/aromatic N) is 2. The van der Waals surface area contributed by atoms with Gasteiger partial charge in [-0.1, -0.05) is 24.3 Å². The molecular formula is C29H34FN3O3. The van der Waals surface area contributed by atoms with E-state index in [9.17, 15) is 19.2 Å². The van der Waals surface area contributed by atoms with Gasteiger partial charge in [0.15, 0.2) is 0 Å². The molecule has 2 aliphatic rings. The monoisotopic (exact) mass is 491 g/mol. The van der Waals surface area contributed by atoms with E-state index in [1.54, 1.807) is 18.7 Å². The third-order valence-corrected chi connectivity index (χ3v) is 7.09. The standard InChI is InChI=1S/C29H34FN3O3/c1-17-12-22(13-18(2)25(17)30)20-8-6-19(7-9-20)14-23(16-31)32-27(34)26-21-10-11-24(15-21)33(26)28(35)36-29(3,4)5/h6-9,12-13,21,23-24,26H,10-11,14-15H2,1-5H3,(H,32,34). The predicted octanol–water partition coefficient (Wildman–Crippen LogP) is 5.45. The molecule has 2 bridgehead atoms. The van der Waals surface area contributed by atoms with Gasteiger partial charge in [0, 0.05) is 12.5 Å². The van der Waals surface area contributed by atoms with Crippen molar-refractivity contribution >= 4 is 12.0 Å². The summed E-state index contributed by atoms with van der Waals surface area (Å²) in [4.78, 5) is 27.7. The number of carbonyl (C=O) groups is 2. The summed E-state index contributed by atoms with van der Waals surface area (Å²) in [7, 11) is 0. The van der Waals surface area contributed by atoms with Crippen molar-refractivity contribution in [2.24, 2.45) is 5.92 Å². The number of hydrogen-bond donors (Lipinski definition) is 1. The second-order valence-corrected chi connectivity index (χ2v) is 11.1. The van der Waals surface area contributed by atoms with E-state index in [-0.39, 0.29) is 23.7 Å². The van der Waals surface area contributed by atoms with Crippen LogP contribution in [0.2, 0.25) is 0 Å². The first-order chi connectivity index (χ1) is 17.0. The molecule has 1 saturated heterocycles. The highest BCUT2D eigenvalue weighted by atomic mass is 19.1. The Balaban J connectivity index is 1.43. The minimum atomic E-state index is -0.724. The molecular weight excluding hydrogens is 457 g/mol. The first kappa shape index (κ1) is 25.7. The molecule has 0 radical (unpaired) electrons. The Morgan fingerprint density at radius 1 is 1.14 bits per heavy atom. The molecule has 2 aromatic carbocycles. The average molecular weight is 492 g/mol. The SMILES string of the molecule is Cc1cc(-c2ccc(CC(C#N)NC(=O)C3C4CCC(C4)N3C(=O)OC(C)(C)C)cc2)cc(C)c1F. The van der Waals surface area contributed by atoms with Gasteiger partial charge >= 0.3 is 6.09 Å². The van der Waals surface area contributed by atoms with Crippen LogP contribution in [0.3, 0.4) is 0 Å². The van der Waals surface area contributed by atoms with Crippen molar-refractivity contribution in [3.05, 3.63) is 58.9 Å². The molecule has 1 aliphatic heterocycles. The third kappa shape index (κ3) is 5.38. The molecule has 6 nitrogen and oxygen atoms in total. The summed E-state index contributed by atoms with van der Waals surface area (Å²) in [6.45, 7) is 8.93. The van der Waals surface area contributed by atoms with Crippen LogP contribution in [0.4, 0.5) is 9.18 Å². The van der Waals surface area contributed by atoms with E-state index in [0.717, 1.165) is 36.0 Å². The molecule has 2 fully saturated rings. The first-order valence-electron chi connectivity index (χ1n) is 12.5. The van der Waals surface area contributed by atoms with Gasteiger partial charge in [-0.25, -0.2) is 9.18 Å². The molecule has 2 aromatic rings. The zero-order valence-electron chi connectivity index (χ0n) is 21.6. The Kier molecular flexibility index (Phi) is 7.08. The Morgan fingerprint density at radius 2 is 1.78 bits per heavy atom. The zero-order chi connectivity index (χ0) is 26.2. The topological polar surface area (TPSA) is 82.4 Å². The first-order valence-corrected chi connectivity index (χ1v) is 12.5. The summed E-state index contributed by atoms with van der Waals surface area (Å²) < 4.78 is 19.6. The van der Waals surface area contributed by atoms with Crippen LogP contribution in [0.5, 0.6) is 0 Å². The number of fused-ring (bicyclic) bond motifs is 2. The summed E-state index contributed by atoms with van der Waals surface area (Å²) in [6.07, 6.45) is 2.43. The molecule has 0 spiro atoms. The predicted molar refractivity (Wildman–Crippen MR) is 136 cm³/mol. The fraction of sp³-hybridized carbons (Fsp3) is 0.483. The maximum Gasteiger partial charge on any atom is 0.411 e. The van der Waals surface area contributed by atoms with E-state index in [1.165, 1.54) is 0 Å². The summed E-state index contributed by atoms with van der Waals surface area (Å²) in [5, 5.41) is 12.6.